The topological polar surface area (TPSA) is 113 Å². The summed E-state index contributed by atoms with van der Waals surface area (Å²) in [5.41, 5.74) is 9.54. The van der Waals surface area contributed by atoms with Crippen LogP contribution in [-0.4, -0.2) is 17.0 Å². The lowest BCUT2D eigenvalue weighted by Crippen LogP contribution is -2.42. The maximum atomic E-state index is 13.6. The lowest BCUT2D eigenvalue weighted by molar-refractivity contribution is -0.384. The van der Waals surface area contributed by atoms with Crippen molar-refractivity contribution in [2.24, 2.45) is 11.1 Å². The highest BCUT2D eigenvalue weighted by molar-refractivity contribution is 8.00. The van der Waals surface area contributed by atoms with Gasteiger partial charge in [-0.05, 0) is 48.8 Å². The molecule has 9 heteroatoms. The largest absolute Gasteiger partial charge is 0.384 e. The number of carbonyl (C=O) groups excluding carboxylic acids is 1. The highest BCUT2D eigenvalue weighted by Crippen LogP contribution is 2.52. The van der Waals surface area contributed by atoms with Gasteiger partial charge in [0.05, 0.1) is 26.7 Å². The van der Waals surface area contributed by atoms with Crippen LogP contribution in [0.5, 0.6) is 0 Å². The minimum absolute atomic E-state index is 0.00863. The highest BCUT2D eigenvalue weighted by Gasteiger charge is 2.45. The Hall–Kier alpha value is -3.09. The molecule has 2 N–H and O–H groups in total. The van der Waals surface area contributed by atoms with Crippen LogP contribution in [0, 0.1) is 33.8 Å². The van der Waals surface area contributed by atoms with Crippen LogP contribution in [0.3, 0.4) is 0 Å². The standard InChI is InChI=1S/C24H24N4O3S2/c1-13-9-16(23(32-4)33-13)20-17(12-25)22(26)27(14-5-7-15(8-6-14)28(30)31)18-10-24(2,3)11-19(29)21(18)20/h5-9,20H,10-11,26H2,1-4H3. The molecule has 1 aliphatic carbocycles. The Bertz CT molecular complexity index is 1270. The van der Waals surface area contributed by atoms with E-state index < -0.39 is 10.8 Å². The van der Waals surface area contributed by atoms with E-state index in [4.69, 9.17) is 5.73 Å². The van der Waals surface area contributed by atoms with E-state index in [0.29, 0.717) is 29.7 Å². The first-order valence-corrected chi connectivity index (χ1v) is 12.5. The van der Waals surface area contributed by atoms with Gasteiger partial charge in [-0.2, -0.15) is 5.26 Å². The average molecular weight is 481 g/mol. The van der Waals surface area contributed by atoms with Crippen LogP contribution in [0.4, 0.5) is 11.4 Å². The molecule has 2 aromatic rings. The lowest BCUT2D eigenvalue weighted by atomic mass is 9.69. The van der Waals surface area contributed by atoms with Gasteiger partial charge in [-0.1, -0.05) is 13.8 Å². The molecule has 0 spiro atoms. The third kappa shape index (κ3) is 3.94. The summed E-state index contributed by atoms with van der Waals surface area (Å²) >= 11 is 3.24. The molecule has 0 radical (unpaired) electrons. The van der Waals surface area contributed by atoms with Crippen molar-refractivity contribution in [2.75, 3.05) is 11.2 Å². The molecule has 1 aromatic carbocycles. The van der Waals surface area contributed by atoms with Crippen molar-refractivity contribution >= 4 is 40.3 Å². The molecule has 2 aliphatic rings. The molecule has 4 rings (SSSR count). The van der Waals surface area contributed by atoms with Gasteiger partial charge in [0.1, 0.15) is 5.82 Å². The molecule has 0 amide bonds. The van der Waals surface area contributed by atoms with Crippen molar-refractivity contribution in [3.8, 4) is 6.07 Å². The zero-order chi connectivity index (χ0) is 24.1. The van der Waals surface area contributed by atoms with E-state index in [0.717, 1.165) is 20.3 Å². The summed E-state index contributed by atoms with van der Waals surface area (Å²) in [7, 11) is 0. The third-order valence-electron chi connectivity index (χ3n) is 6.04. The maximum Gasteiger partial charge on any atom is 0.269 e. The predicted molar refractivity (Wildman–Crippen MR) is 131 cm³/mol. The van der Waals surface area contributed by atoms with E-state index in [1.165, 1.54) is 12.1 Å². The fourth-order valence-electron chi connectivity index (χ4n) is 4.71. The summed E-state index contributed by atoms with van der Waals surface area (Å²) in [6, 6.07) is 10.4. The summed E-state index contributed by atoms with van der Waals surface area (Å²) in [4.78, 5) is 27.1. The number of nitrogens with zero attached hydrogens (tertiary/aromatic N) is 3. The van der Waals surface area contributed by atoms with Crippen LogP contribution >= 0.6 is 23.1 Å². The van der Waals surface area contributed by atoms with Crippen molar-refractivity contribution in [1.29, 1.82) is 5.26 Å². The van der Waals surface area contributed by atoms with Gasteiger partial charge in [-0.3, -0.25) is 19.8 Å². The number of nitriles is 1. The summed E-state index contributed by atoms with van der Waals surface area (Å²) in [5.74, 6) is -0.249. The van der Waals surface area contributed by atoms with Gasteiger partial charge in [0, 0.05) is 40.4 Å². The first-order valence-electron chi connectivity index (χ1n) is 10.4. The molecule has 7 nitrogen and oxygen atoms in total. The quantitative estimate of drug-likeness (QED) is 0.343. The minimum atomic E-state index is -0.518. The van der Waals surface area contributed by atoms with E-state index >= 15 is 0 Å². The first-order chi connectivity index (χ1) is 15.6. The molecule has 0 saturated carbocycles. The number of non-ortho nitro benzene ring substituents is 1. The maximum absolute atomic E-state index is 13.6. The van der Waals surface area contributed by atoms with Crippen molar-refractivity contribution < 1.29 is 9.72 Å². The van der Waals surface area contributed by atoms with E-state index in [2.05, 4.69) is 6.07 Å². The number of rotatable bonds is 4. The zero-order valence-electron chi connectivity index (χ0n) is 18.8. The average Bonchev–Trinajstić information content (AvgIpc) is 3.12. The zero-order valence-corrected chi connectivity index (χ0v) is 20.5. The van der Waals surface area contributed by atoms with Crippen LogP contribution in [-0.2, 0) is 4.79 Å². The molecule has 1 aromatic heterocycles. The number of anilines is 1. The normalized spacial score (nSPS) is 20.0. The van der Waals surface area contributed by atoms with Crippen LogP contribution in [0.2, 0.25) is 0 Å². The molecule has 1 unspecified atom stereocenters. The van der Waals surface area contributed by atoms with Gasteiger partial charge >= 0.3 is 0 Å². The summed E-state index contributed by atoms with van der Waals surface area (Å²) in [6.45, 7) is 6.10. The second kappa shape index (κ2) is 8.36. The molecular formula is C24H24N4O3S2. The summed E-state index contributed by atoms with van der Waals surface area (Å²) < 4.78 is 1.06. The second-order valence-electron chi connectivity index (χ2n) is 9.06. The minimum Gasteiger partial charge on any atom is -0.384 e. The van der Waals surface area contributed by atoms with Crippen LogP contribution in [0.1, 0.15) is 43.0 Å². The molecule has 1 atom stereocenters. The number of nitro groups is 1. The van der Waals surface area contributed by atoms with Gasteiger partial charge < -0.3 is 5.73 Å². The lowest BCUT2D eigenvalue weighted by Gasteiger charge is -2.43. The fraction of sp³-hybridized carbons (Fsp3) is 0.333. The SMILES string of the molecule is CSc1sc(C)cc1C1C(C#N)=C(N)N(c2ccc([N+](=O)[O-])cc2)C2=C1C(=O)CC(C)(C)C2. The van der Waals surface area contributed by atoms with Gasteiger partial charge in [0.15, 0.2) is 5.78 Å². The number of thiophene rings is 1. The Morgan fingerprint density at radius 3 is 2.55 bits per heavy atom. The Balaban J connectivity index is 1.99. The van der Waals surface area contributed by atoms with Crippen molar-refractivity contribution in [2.45, 2.75) is 43.7 Å². The molecule has 2 heterocycles. The molecule has 0 saturated heterocycles. The van der Waals surface area contributed by atoms with Crippen LogP contribution in [0.15, 0.2) is 57.2 Å². The molecule has 0 fully saturated rings. The number of Topliss-reactive ketones (excluding diaryl/α,β-unsaturated/α-hetero) is 1. The summed E-state index contributed by atoms with van der Waals surface area (Å²) in [5, 5.41) is 21.3. The van der Waals surface area contributed by atoms with E-state index in [1.54, 1.807) is 40.1 Å². The Morgan fingerprint density at radius 1 is 1.30 bits per heavy atom. The number of benzene rings is 1. The number of thioether (sulfide) groups is 1. The van der Waals surface area contributed by atoms with Gasteiger partial charge in [0.25, 0.3) is 5.69 Å². The number of ketones is 1. The van der Waals surface area contributed by atoms with Gasteiger partial charge in [0.2, 0.25) is 0 Å². The second-order valence-corrected chi connectivity index (χ2v) is 11.4. The smallest absolute Gasteiger partial charge is 0.269 e. The number of hydrogen-bond donors (Lipinski definition) is 1. The van der Waals surface area contributed by atoms with E-state index in [9.17, 15) is 20.2 Å². The van der Waals surface area contributed by atoms with Crippen LogP contribution in [0.25, 0.3) is 0 Å². The van der Waals surface area contributed by atoms with Crippen molar-refractivity contribution in [3.05, 3.63) is 73.6 Å². The van der Waals surface area contributed by atoms with Gasteiger partial charge in [-0.25, -0.2) is 0 Å². The number of hydrogen-bond acceptors (Lipinski definition) is 8. The number of nitro benzene ring substituents is 1. The van der Waals surface area contributed by atoms with Crippen molar-refractivity contribution in [1.82, 2.24) is 0 Å². The van der Waals surface area contributed by atoms with Crippen LogP contribution < -0.4 is 10.6 Å². The molecule has 33 heavy (non-hydrogen) atoms. The third-order valence-corrected chi connectivity index (χ3v) is 8.26. The Morgan fingerprint density at radius 2 is 1.97 bits per heavy atom. The van der Waals surface area contributed by atoms with E-state index in [1.807, 2.05) is 33.1 Å². The monoisotopic (exact) mass is 480 g/mol. The summed E-state index contributed by atoms with van der Waals surface area (Å²) in [6.07, 6.45) is 2.96. The Labute approximate surface area is 200 Å². The number of nitrogens with two attached hydrogens (primary N) is 1. The molecule has 170 valence electrons. The van der Waals surface area contributed by atoms with Gasteiger partial charge in [-0.15, -0.1) is 23.1 Å². The number of aryl methyl sites for hydroxylation is 1. The molecule has 1 aliphatic heterocycles. The predicted octanol–water partition coefficient (Wildman–Crippen LogP) is 5.63. The van der Waals surface area contributed by atoms with E-state index in [-0.39, 0.29) is 22.7 Å². The fourth-order valence-corrected chi connectivity index (χ4v) is 6.62. The molecular weight excluding hydrogens is 456 g/mol. The molecule has 0 bridgehead atoms. The van der Waals surface area contributed by atoms with Crippen molar-refractivity contribution in [3.63, 3.8) is 0 Å². The Kier molecular flexibility index (Phi) is 5.85. The number of allylic oxidation sites excluding steroid dienone is 3. The highest BCUT2D eigenvalue weighted by atomic mass is 32.2. The number of carbonyl (C=O) groups is 1. The first kappa shape index (κ1) is 23.1.